The molecule has 1 aliphatic carbocycles. The molecule has 2 aromatic carbocycles. The second kappa shape index (κ2) is 10.3. The van der Waals surface area contributed by atoms with E-state index in [0.717, 1.165) is 30.5 Å². The average Bonchev–Trinajstić information content (AvgIpc) is 3.56. The van der Waals surface area contributed by atoms with E-state index in [9.17, 15) is 14.0 Å². The van der Waals surface area contributed by atoms with Crippen LogP contribution in [-0.4, -0.2) is 47.1 Å². The Balaban J connectivity index is 1.20. The molecule has 33 heavy (non-hydrogen) atoms. The van der Waals surface area contributed by atoms with Gasteiger partial charge in [-0.3, -0.25) is 14.7 Å². The molecule has 0 saturated heterocycles. The number of carbonyl (C=O) groups is 2. The maximum atomic E-state index is 13.4. The number of hydrogen-bond acceptors (Lipinski definition) is 4. The lowest BCUT2D eigenvalue weighted by molar-refractivity contribution is -0.132. The summed E-state index contributed by atoms with van der Waals surface area (Å²) in [4.78, 5) is 25.9. The summed E-state index contributed by atoms with van der Waals surface area (Å²) in [7, 11) is 1.74. The molecule has 1 aliphatic rings. The number of nitrogens with zero attached hydrogens (tertiary/aromatic N) is 2. The zero-order chi connectivity index (χ0) is 23.2. The Bertz CT molecular complexity index is 1130. The smallest absolute Gasteiger partial charge is 0.260 e. The summed E-state index contributed by atoms with van der Waals surface area (Å²) in [6.07, 6.45) is 3.34. The first-order valence-electron chi connectivity index (χ1n) is 11.1. The Morgan fingerprint density at radius 3 is 2.79 bits per heavy atom. The van der Waals surface area contributed by atoms with E-state index in [2.05, 4.69) is 15.5 Å². The molecular formula is C25H27FN4O3. The van der Waals surface area contributed by atoms with Crippen LogP contribution in [0.3, 0.4) is 0 Å². The molecular weight excluding hydrogens is 423 g/mol. The number of hydrogen-bond donors (Lipinski definition) is 2. The molecule has 7 nitrogen and oxygen atoms in total. The number of ether oxygens (including phenoxy) is 1. The zero-order valence-corrected chi connectivity index (χ0v) is 18.5. The average molecular weight is 451 g/mol. The molecule has 0 atom stereocenters. The molecule has 0 aliphatic heterocycles. The van der Waals surface area contributed by atoms with Crippen molar-refractivity contribution in [1.29, 1.82) is 0 Å². The summed E-state index contributed by atoms with van der Waals surface area (Å²) in [6, 6.07) is 15.3. The Hall–Kier alpha value is -3.68. The van der Waals surface area contributed by atoms with E-state index < -0.39 is 0 Å². The third-order valence-corrected chi connectivity index (χ3v) is 5.53. The molecule has 1 saturated carbocycles. The van der Waals surface area contributed by atoms with Gasteiger partial charge in [0, 0.05) is 42.5 Å². The molecule has 2 amide bonds. The van der Waals surface area contributed by atoms with Crippen molar-refractivity contribution in [3.63, 3.8) is 0 Å². The second-order valence-electron chi connectivity index (χ2n) is 8.29. The largest absolute Gasteiger partial charge is 0.484 e. The van der Waals surface area contributed by atoms with E-state index in [1.165, 1.54) is 12.1 Å². The third kappa shape index (κ3) is 6.41. The van der Waals surface area contributed by atoms with Crippen LogP contribution in [0.15, 0.2) is 54.6 Å². The van der Waals surface area contributed by atoms with Gasteiger partial charge in [-0.05, 0) is 56.0 Å². The predicted molar refractivity (Wildman–Crippen MR) is 123 cm³/mol. The first-order valence-corrected chi connectivity index (χ1v) is 11.1. The highest BCUT2D eigenvalue weighted by Crippen LogP contribution is 2.30. The number of aromatic amines is 1. The molecule has 8 heteroatoms. The molecule has 0 spiro atoms. The van der Waals surface area contributed by atoms with Crippen molar-refractivity contribution >= 4 is 17.5 Å². The van der Waals surface area contributed by atoms with Crippen LogP contribution in [-0.2, 0) is 16.0 Å². The predicted octanol–water partition coefficient (Wildman–Crippen LogP) is 4.03. The molecule has 1 heterocycles. The highest BCUT2D eigenvalue weighted by molar-refractivity contribution is 5.94. The maximum absolute atomic E-state index is 13.4. The van der Waals surface area contributed by atoms with Gasteiger partial charge in [0.25, 0.3) is 5.91 Å². The molecule has 0 unspecified atom stereocenters. The van der Waals surface area contributed by atoms with Crippen LogP contribution in [0, 0.1) is 11.7 Å². The van der Waals surface area contributed by atoms with Crippen molar-refractivity contribution in [2.75, 3.05) is 25.5 Å². The number of halogens is 1. The minimum atomic E-state index is -0.297. The van der Waals surface area contributed by atoms with Gasteiger partial charge in [0.05, 0.1) is 5.69 Å². The Labute approximate surface area is 191 Å². The molecule has 1 fully saturated rings. The minimum Gasteiger partial charge on any atom is -0.484 e. The quantitative estimate of drug-likeness (QED) is 0.488. The number of benzene rings is 2. The lowest BCUT2D eigenvalue weighted by Crippen LogP contribution is -2.32. The SMILES string of the molecule is CN(CCCc1cc(-c2cccc(F)c2)n[nH]1)C(=O)COc1cccc(NC(=O)C2CC2)c1. The van der Waals surface area contributed by atoms with Crippen LogP contribution < -0.4 is 10.1 Å². The standard InChI is InChI=1S/C25H27FN4O3/c1-30(12-4-8-21-15-23(29-28-21)18-5-2-6-19(26)13-18)24(31)16-33-22-9-3-7-20(14-22)27-25(32)17-10-11-17/h2-3,5-7,9,13-15,17H,4,8,10-12,16H2,1H3,(H,27,32)(H,28,29). The van der Waals surface area contributed by atoms with Gasteiger partial charge in [-0.1, -0.05) is 18.2 Å². The number of H-pyrrole nitrogens is 1. The van der Waals surface area contributed by atoms with Crippen molar-refractivity contribution in [2.24, 2.45) is 5.92 Å². The fourth-order valence-corrected chi connectivity index (χ4v) is 3.43. The number of amides is 2. The van der Waals surface area contributed by atoms with Gasteiger partial charge in [-0.15, -0.1) is 0 Å². The van der Waals surface area contributed by atoms with E-state index in [-0.39, 0.29) is 30.2 Å². The molecule has 172 valence electrons. The molecule has 4 rings (SSSR count). The summed E-state index contributed by atoms with van der Waals surface area (Å²) in [5, 5.41) is 10.1. The minimum absolute atomic E-state index is 0.0308. The number of carbonyl (C=O) groups excluding carboxylic acids is 2. The fourth-order valence-electron chi connectivity index (χ4n) is 3.43. The summed E-state index contributed by atoms with van der Waals surface area (Å²) in [6.45, 7) is 0.484. The lowest BCUT2D eigenvalue weighted by atomic mass is 10.1. The topological polar surface area (TPSA) is 87.3 Å². The summed E-state index contributed by atoms with van der Waals surface area (Å²) in [5.74, 6) is 0.261. The first-order chi connectivity index (χ1) is 16.0. The van der Waals surface area contributed by atoms with Gasteiger partial charge < -0.3 is 15.0 Å². The van der Waals surface area contributed by atoms with E-state index in [4.69, 9.17) is 4.74 Å². The van der Waals surface area contributed by atoms with E-state index in [1.807, 2.05) is 12.1 Å². The molecule has 2 N–H and O–H groups in total. The number of rotatable bonds is 10. The van der Waals surface area contributed by atoms with E-state index in [0.29, 0.717) is 30.1 Å². The van der Waals surface area contributed by atoms with Crippen LogP contribution in [0.25, 0.3) is 11.3 Å². The number of nitrogens with one attached hydrogen (secondary N) is 2. The molecule has 0 bridgehead atoms. The molecule has 3 aromatic rings. The van der Waals surface area contributed by atoms with Crippen LogP contribution in [0.1, 0.15) is 25.0 Å². The number of likely N-dealkylation sites (N-methyl/N-ethyl adjacent to an activating group) is 1. The highest BCUT2D eigenvalue weighted by atomic mass is 19.1. The summed E-state index contributed by atoms with van der Waals surface area (Å²) >= 11 is 0. The third-order valence-electron chi connectivity index (χ3n) is 5.53. The lowest BCUT2D eigenvalue weighted by Gasteiger charge is -2.17. The molecule has 1 aromatic heterocycles. The van der Waals surface area contributed by atoms with Gasteiger partial charge in [0.15, 0.2) is 6.61 Å². The van der Waals surface area contributed by atoms with Gasteiger partial charge in [0.2, 0.25) is 5.91 Å². The monoisotopic (exact) mass is 450 g/mol. The van der Waals surface area contributed by atoms with Crippen LogP contribution in [0.5, 0.6) is 5.75 Å². The molecule has 0 radical (unpaired) electrons. The van der Waals surface area contributed by atoms with Crippen molar-refractivity contribution < 1.29 is 18.7 Å². The van der Waals surface area contributed by atoms with Crippen molar-refractivity contribution in [1.82, 2.24) is 15.1 Å². The van der Waals surface area contributed by atoms with Crippen molar-refractivity contribution in [2.45, 2.75) is 25.7 Å². The maximum Gasteiger partial charge on any atom is 0.260 e. The summed E-state index contributed by atoms with van der Waals surface area (Å²) < 4.78 is 19.0. The Kier molecular flexibility index (Phi) is 7.02. The van der Waals surface area contributed by atoms with Gasteiger partial charge >= 0.3 is 0 Å². The second-order valence-corrected chi connectivity index (χ2v) is 8.29. The van der Waals surface area contributed by atoms with Crippen molar-refractivity contribution in [3.05, 3.63) is 66.1 Å². The number of aryl methyl sites for hydroxylation is 1. The summed E-state index contributed by atoms with van der Waals surface area (Å²) in [5.41, 5.74) is 3.01. The van der Waals surface area contributed by atoms with Gasteiger partial charge in [0.1, 0.15) is 11.6 Å². The van der Waals surface area contributed by atoms with Crippen LogP contribution in [0.2, 0.25) is 0 Å². The highest BCUT2D eigenvalue weighted by Gasteiger charge is 2.29. The van der Waals surface area contributed by atoms with E-state index in [1.54, 1.807) is 42.3 Å². The fraction of sp³-hybridized carbons (Fsp3) is 0.320. The Morgan fingerprint density at radius 1 is 1.18 bits per heavy atom. The van der Waals surface area contributed by atoms with Crippen LogP contribution in [0.4, 0.5) is 10.1 Å². The van der Waals surface area contributed by atoms with Crippen LogP contribution >= 0.6 is 0 Å². The van der Waals surface area contributed by atoms with Gasteiger partial charge in [-0.25, -0.2) is 4.39 Å². The number of anilines is 1. The normalized spacial score (nSPS) is 12.9. The van der Waals surface area contributed by atoms with E-state index >= 15 is 0 Å². The first kappa shape index (κ1) is 22.5. The number of aromatic nitrogens is 2. The Morgan fingerprint density at radius 2 is 2.00 bits per heavy atom. The zero-order valence-electron chi connectivity index (χ0n) is 18.5. The van der Waals surface area contributed by atoms with Crippen molar-refractivity contribution in [3.8, 4) is 17.0 Å². The van der Waals surface area contributed by atoms with Gasteiger partial charge in [-0.2, -0.15) is 5.10 Å².